The Morgan fingerprint density at radius 2 is 2.16 bits per heavy atom. The molecule has 1 heterocycles. The van der Waals surface area contributed by atoms with Gasteiger partial charge in [0.05, 0.1) is 19.0 Å². The van der Waals surface area contributed by atoms with Gasteiger partial charge in [0.25, 0.3) is 0 Å². The number of nitrogens with two attached hydrogens (primary N) is 1. The van der Waals surface area contributed by atoms with Gasteiger partial charge in [-0.05, 0) is 0 Å². The summed E-state index contributed by atoms with van der Waals surface area (Å²) in [4.78, 5) is 35.3. The Balaban J connectivity index is 2.45. The standard InChI is InChI=1S/C11H18N2O5S/c1-18-11(17)8-4-7(14)5-13(8)10(16)2-3-19-6-9(12)15/h7-8,14H,2-6H2,1H3,(H2,12,15). The summed E-state index contributed by atoms with van der Waals surface area (Å²) in [6.45, 7) is 0.138. The molecule has 0 bridgehead atoms. The summed E-state index contributed by atoms with van der Waals surface area (Å²) >= 11 is 1.26. The molecule has 7 nitrogen and oxygen atoms in total. The van der Waals surface area contributed by atoms with Gasteiger partial charge in [0.1, 0.15) is 6.04 Å². The molecule has 1 fully saturated rings. The molecule has 1 aliphatic rings. The predicted molar refractivity (Wildman–Crippen MR) is 69.3 cm³/mol. The van der Waals surface area contributed by atoms with Crippen LogP contribution in [0.4, 0.5) is 0 Å². The molecule has 3 N–H and O–H groups in total. The fourth-order valence-electron chi connectivity index (χ4n) is 1.92. The third-order valence-electron chi connectivity index (χ3n) is 2.78. The molecule has 0 aromatic rings. The van der Waals surface area contributed by atoms with Gasteiger partial charge in [0, 0.05) is 25.1 Å². The number of amides is 2. The van der Waals surface area contributed by atoms with Crippen molar-refractivity contribution in [3.63, 3.8) is 0 Å². The number of ether oxygens (including phenoxy) is 1. The molecular weight excluding hydrogens is 272 g/mol. The Bertz CT molecular complexity index is 363. The Labute approximate surface area is 115 Å². The Kier molecular flexibility index (Phi) is 6.10. The number of aliphatic hydroxyl groups excluding tert-OH is 1. The molecule has 1 aliphatic heterocycles. The SMILES string of the molecule is COC(=O)C1CC(O)CN1C(=O)CCSCC(N)=O. The number of hydrogen-bond donors (Lipinski definition) is 2. The first-order valence-electron chi connectivity index (χ1n) is 5.87. The summed E-state index contributed by atoms with van der Waals surface area (Å²) in [5.74, 6) is -0.571. The zero-order valence-electron chi connectivity index (χ0n) is 10.7. The predicted octanol–water partition coefficient (Wildman–Crippen LogP) is -1.27. The van der Waals surface area contributed by atoms with Crippen LogP contribution in [0.25, 0.3) is 0 Å². The van der Waals surface area contributed by atoms with E-state index in [2.05, 4.69) is 4.74 Å². The van der Waals surface area contributed by atoms with E-state index in [1.54, 1.807) is 0 Å². The van der Waals surface area contributed by atoms with Gasteiger partial charge in [0.15, 0.2) is 0 Å². The molecule has 108 valence electrons. The first kappa shape index (κ1) is 15.8. The first-order valence-corrected chi connectivity index (χ1v) is 7.02. The second kappa shape index (κ2) is 7.34. The lowest BCUT2D eigenvalue weighted by molar-refractivity contribution is -0.150. The number of likely N-dealkylation sites (tertiary alicyclic amines) is 1. The van der Waals surface area contributed by atoms with Crippen molar-refractivity contribution in [2.45, 2.75) is 25.0 Å². The fourth-order valence-corrected chi connectivity index (χ4v) is 2.59. The average molecular weight is 290 g/mol. The zero-order chi connectivity index (χ0) is 14.4. The number of carbonyl (C=O) groups is 3. The van der Waals surface area contributed by atoms with Crippen molar-refractivity contribution in [3.8, 4) is 0 Å². The monoisotopic (exact) mass is 290 g/mol. The van der Waals surface area contributed by atoms with Crippen LogP contribution in [-0.4, -0.2) is 65.1 Å². The fraction of sp³-hybridized carbons (Fsp3) is 0.727. The molecule has 2 unspecified atom stereocenters. The lowest BCUT2D eigenvalue weighted by Gasteiger charge is -2.22. The number of hydrogen-bond acceptors (Lipinski definition) is 6. The quantitative estimate of drug-likeness (QED) is 0.466. The van der Waals surface area contributed by atoms with E-state index >= 15 is 0 Å². The number of methoxy groups -OCH3 is 1. The van der Waals surface area contributed by atoms with E-state index < -0.39 is 24.0 Å². The summed E-state index contributed by atoms with van der Waals surface area (Å²) in [5, 5.41) is 9.54. The van der Waals surface area contributed by atoms with Gasteiger partial charge < -0.3 is 20.5 Å². The van der Waals surface area contributed by atoms with Gasteiger partial charge in [-0.25, -0.2) is 4.79 Å². The first-order chi connectivity index (χ1) is 8.95. The van der Waals surface area contributed by atoms with Crippen molar-refractivity contribution in [2.24, 2.45) is 5.73 Å². The van der Waals surface area contributed by atoms with Crippen LogP contribution in [0.3, 0.4) is 0 Å². The van der Waals surface area contributed by atoms with E-state index in [1.807, 2.05) is 0 Å². The lowest BCUT2D eigenvalue weighted by atomic mass is 10.2. The van der Waals surface area contributed by atoms with Crippen molar-refractivity contribution in [1.29, 1.82) is 0 Å². The molecule has 0 radical (unpaired) electrons. The average Bonchev–Trinajstić information content (AvgIpc) is 2.75. The molecule has 0 aromatic heterocycles. The molecular formula is C11H18N2O5S. The van der Waals surface area contributed by atoms with E-state index in [0.29, 0.717) is 5.75 Å². The topological polar surface area (TPSA) is 110 Å². The molecule has 0 aromatic carbocycles. The van der Waals surface area contributed by atoms with Crippen LogP contribution in [0, 0.1) is 0 Å². The summed E-state index contributed by atoms with van der Waals surface area (Å²) in [6, 6.07) is -0.714. The minimum atomic E-state index is -0.714. The Hall–Kier alpha value is -1.28. The minimum Gasteiger partial charge on any atom is -0.467 e. The highest BCUT2D eigenvalue weighted by molar-refractivity contribution is 7.99. The number of rotatable bonds is 6. The van der Waals surface area contributed by atoms with Crippen LogP contribution in [0.2, 0.25) is 0 Å². The minimum absolute atomic E-state index is 0.138. The van der Waals surface area contributed by atoms with Gasteiger partial charge in [-0.15, -0.1) is 0 Å². The number of primary amides is 1. The van der Waals surface area contributed by atoms with Crippen molar-refractivity contribution >= 4 is 29.5 Å². The van der Waals surface area contributed by atoms with Gasteiger partial charge in [0.2, 0.25) is 11.8 Å². The molecule has 1 saturated heterocycles. The Morgan fingerprint density at radius 3 is 2.74 bits per heavy atom. The van der Waals surface area contributed by atoms with Gasteiger partial charge in [-0.3, -0.25) is 9.59 Å². The second-order valence-electron chi connectivity index (χ2n) is 4.24. The maximum Gasteiger partial charge on any atom is 0.328 e. The highest BCUT2D eigenvalue weighted by atomic mass is 32.2. The molecule has 19 heavy (non-hydrogen) atoms. The molecule has 0 spiro atoms. The summed E-state index contributed by atoms with van der Waals surface area (Å²) in [7, 11) is 1.25. The highest BCUT2D eigenvalue weighted by Gasteiger charge is 2.39. The van der Waals surface area contributed by atoms with Crippen molar-refractivity contribution < 1.29 is 24.2 Å². The third-order valence-corrected chi connectivity index (χ3v) is 3.76. The lowest BCUT2D eigenvalue weighted by Crippen LogP contribution is -2.41. The van der Waals surface area contributed by atoms with Gasteiger partial charge in [-0.1, -0.05) is 0 Å². The van der Waals surface area contributed by atoms with Gasteiger partial charge >= 0.3 is 5.97 Å². The molecule has 8 heteroatoms. The summed E-state index contributed by atoms with van der Waals surface area (Å²) < 4.78 is 4.61. The molecule has 1 rings (SSSR count). The third kappa shape index (κ3) is 4.71. The maximum absolute atomic E-state index is 11.9. The van der Waals surface area contributed by atoms with Crippen molar-refractivity contribution in [3.05, 3.63) is 0 Å². The van der Waals surface area contributed by atoms with Crippen LogP contribution in [0.1, 0.15) is 12.8 Å². The maximum atomic E-state index is 11.9. The van der Waals surface area contributed by atoms with Gasteiger partial charge in [-0.2, -0.15) is 11.8 Å². The zero-order valence-corrected chi connectivity index (χ0v) is 11.5. The number of β-amino-alcohol motifs (C(OH)–C–C–N with tert-alkyl or cyclic N) is 1. The second-order valence-corrected chi connectivity index (χ2v) is 5.35. The highest BCUT2D eigenvalue weighted by Crippen LogP contribution is 2.20. The van der Waals surface area contributed by atoms with E-state index in [4.69, 9.17) is 5.73 Å². The summed E-state index contributed by atoms with van der Waals surface area (Å²) in [6.07, 6.45) is -0.309. The van der Waals surface area contributed by atoms with E-state index in [9.17, 15) is 19.5 Å². The normalized spacial score (nSPS) is 22.3. The number of thioether (sulfide) groups is 1. The number of nitrogens with zero attached hydrogens (tertiary/aromatic N) is 1. The van der Waals surface area contributed by atoms with Crippen molar-refractivity contribution in [2.75, 3.05) is 25.2 Å². The molecule has 2 amide bonds. The number of carbonyl (C=O) groups excluding carboxylic acids is 3. The molecule has 2 atom stereocenters. The number of aliphatic hydroxyl groups is 1. The van der Waals surface area contributed by atoms with Crippen LogP contribution >= 0.6 is 11.8 Å². The largest absolute Gasteiger partial charge is 0.467 e. The smallest absolute Gasteiger partial charge is 0.328 e. The van der Waals surface area contributed by atoms with Crippen LogP contribution in [-0.2, 0) is 19.1 Å². The van der Waals surface area contributed by atoms with Crippen molar-refractivity contribution in [1.82, 2.24) is 4.90 Å². The summed E-state index contributed by atoms with van der Waals surface area (Å²) in [5.41, 5.74) is 4.98. The van der Waals surface area contributed by atoms with E-state index in [0.717, 1.165) is 0 Å². The van der Waals surface area contributed by atoms with Crippen LogP contribution in [0.5, 0.6) is 0 Å². The van der Waals surface area contributed by atoms with Crippen LogP contribution < -0.4 is 5.73 Å². The molecule has 0 saturated carbocycles. The Morgan fingerprint density at radius 1 is 1.47 bits per heavy atom. The van der Waals surface area contributed by atoms with E-state index in [1.165, 1.54) is 23.8 Å². The number of esters is 1. The molecule has 0 aliphatic carbocycles. The van der Waals surface area contributed by atoms with E-state index in [-0.39, 0.29) is 31.0 Å². The van der Waals surface area contributed by atoms with Crippen LogP contribution in [0.15, 0.2) is 0 Å².